The van der Waals surface area contributed by atoms with E-state index in [4.69, 9.17) is 0 Å². The topological polar surface area (TPSA) is 3.24 Å². The zero-order chi connectivity index (χ0) is 12.1. The van der Waals surface area contributed by atoms with Gasteiger partial charge in [-0.3, -0.25) is 0 Å². The van der Waals surface area contributed by atoms with E-state index in [-0.39, 0.29) is 0 Å². The van der Waals surface area contributed by atoms with Gasteiger partial charge in [0, 0.05) is 22.7 Å². The molecule has 0 aromatic carbocycles. The van der Waals surface area contributed by atoms with Crippen molar-refractivity contribution >= 4 is 16.1 Å². The summed E-state index contributed by atoms with van der Waals surface area (Å²) in [7, 11) is 2.08. The maximum atomic E-state index is 3.43. The summed E-state index contributed by atoms with van der Waals surface area (Å²) in [6, 6.07) is 0. The van der Waals surface area contributed by atoms with E-state index < -0.39 is 0 Å². The Morgan fingerprint density at radius 1 is 0.688 bits per heavy atom. The Morgan fingerprint density at radius 3 is 1.44 bits per heavy atom. The first-order valence-corrected chi connectivity index (χ1v) is 7.85. The lowest BCUT2D eigenvalue weighted by atomic mass is 10.1. The zero-order valence-corrected chi connectivity index (χ0v) is 12.9. The van der Waals surface area contributed by atoms with Crippen LogP contribution in [0.3, 0.4) is 0 Å². The van der Waals surface area contributed by atoms with Gasteiger partial charge in [0.05, 0.1) is 0 Å². The fraction of sp³-hybridized carbons (Fsp3) is 1.00. The minimum atomic E-state index is 1.18. The van der Waals surface area contributed by atoms with Gasteiger partial charge < -0.3 is 0 Å². The molecule has 0 atom stereocenters. The van der Waals surface area contributed by atoms with Crippen LogP contribution in [0.15, 0.2) is 0 Å². The maximum Gasteiger partial charge on any atom is 0.0117 e. The maximum absolute atomic E-state index is 3.43. The molecule has 0 unspecified atom stereocenters. The van der Waals surface area contributed by atoms with Gasteiger partial charge in [-0.25, -0.2) is 3.93 Å². The number of hydrogen-bond acceptors (Lipinski definition) is 1. The molecule has 0 aliphatic heterocycles. The van der Waals surface area contributed by atoms with Gasteiger partial charge in [-0.05, 0) is 13.5 Å². The van der Waals surface area contributed by atoms with Crippen molar-refractivity contribution in [3.05, 3.63) is 0 Å². The molecule has 0 saturated heterocycles. The van der Waals surface area contributed by atoms with Crippen molar-refractivity contribution in [1.82, 2.24) is 3.93 Å². The third kappa shape index (κ3) is 14.4. The van der Waals surface area contributed by atoms with Crippen molar-refractivity contribution in [3.8, 4) is 0 Å². The molecule has 0 aliphatic rings. The first kappa shape index (κ1) is 16.4. The molecular weight excluding hydrogens is 262 g/mol. The van der Waals surface area contributed by atoms with Crippen molar-refractivity contribution in [2.75, 3.05) is 13.6 Å². The third-order valence-corrected chi connectivity index (χ3v) is 3.42. The summed E-state index contributed by atoms with van der Waals surface area (Å²) in [6.45, 7) is 3.46. The SMILES string of the molecule is CCCCCCCCCCCCCN(C)Br. The van der Waals surface area contributed by atoms with Gasteiger partial charge in [0.1, 0.15) is 0 Å². The number of rotatable bonds is 12. The van der Waals surface area contributed by atoms with E-state index in [0.717, 1.165) is 0 Å². The fourth-order valence-electron chi connectivity index (χ4n) is 1.99. The second-order valence-corrected chi connectivity index (χ2v) is 6.07. The highest BCUT2D eigenvalue weighted by atomic mass is 79.9. The summed E-state index contributed by atoms with van der Waals surface area (Å²) >= 11 is 3.43. The van der Waals surface area contributed by atoms with Crippen LogP contribution in [0.1, 0.15) is 77.6 Å². The zero-order valence-electron chi connectivity index (χ0n) is 11.3. The quantitative estimate of drug-likeness (QED) is 0.337. The van der Waals surface area contributed by atoms with Crippen LogP contribution in [-0.4, -0.2) is 17.5 Å². The van der Waals surface area contributed by atoms with Gasteiger partial charge >= 0.3 is 0 Å². The van der Waals surface area contributed by atoms with E-state index in [2.05, 4.69) is 34.0 Å². The van der Waals surface area contributed by atoms with Gasteiger partial charge in [0.25, 0.3) is 0 Å². The summed E-state index contributed by atoms with van der Waals surface area (Å²) < 4.78 is 2.10. The average Bonchev–Trinajstić information content (AvgIpc) is 2.25. The summed E-state index contributed by atoms with van der Waals surface area (Å²) in [6.07, 6.45) is 15.7. The molecular formula is C14H30BrN. The molecule has 0 radical (unpaired) electrons. The van der Waals surface area contributed by atoms with Crippen LogP contribution in [0.25, 0.3) is 0 Å². The second kappa shape index (κ2) is 13.5. The molecule has 0 spiro atoms. The summed E-state index contributed by atoms with van der Waals surface area (Å²) in [5.74, 6) is 0. The Labute approximate surface area is 111 Å². The lowest BCUT2D eigenvalue weighted by Crippen LogP contribution is -2.04. The Kier molecular flexibility index (Phi) is 13.9. The highest BCUT2D eigenvalue weighted by Gasteiger charge is 1.94. The van der Waals surface area contributed by atoms with Gasteiger partial charge in [-0.15, -0.1) is 0 Å². The monoisotopic (exact) mass is 291 g/mol. The van der Waals surface area contributed by atoms with Crippen LogP contribution < -0.4 is 0 Å². The van der Waals surface area contributed by atoms with Crippen LogP contribution >= 0.6 is 16.1 Å². The molecule has 0 heterocycles. The van der Waals surface area contributed by atoms with Gasteiger partial charge in [-0.2, -0.15) is 0 Å². The highest BCUT2D eigenvalue weighted by Crippen LogP contribution is 2.11. The molecule has 0 aromatic heterocycles. The van der Waals surface area contributed by atoms with Crippen molar-refractivity contribution in [2.45, 2.75) is 77.6 Å². The van der Waals surface area contributed by atoms with E-state index in [1.807, 2.05) is 0 Å². The van der Waals surface area contributed by atoms with E-state index in [0.29, 0.717) is 0 Å². The van der Waals surface area contributed by atoms with E-state index in [9.17, 15) is 0 Å². The molecule has 0 saturated carbocycles. The second-order valence-electron chi connectivity index (χ2n) is 4.86. The Bertz CT molecular complexity index is 126. The summed E-state index contributed by atoms with van der Waals surface area (Å²) in [5, 5.41) is 0. The molecule has 0 bridgehead atoms. The predicted octanol–water partition coefficient (Wildman–Crippen LogP) is 5.54. The molecule has 2 heteroatoms. The third-order valence-electron chi connectivity index (χ3n) is 3.07. The molecule has 16 heavy (non-hydrogen) atoms. The number of hydrogen-bond donors (Lipinski definition) is 0. The molecule has 98 valence electrons. The Hall–Kier alpha value is 0.440. The predicted molar refractivity (Wildman–Crippen MR) is 78.0 cm³/mol. The smallest absolute Gasteiger partial charge is 0.0117 e. The largest absolute Gasteiger partial charge is 0.245 e. The van der Waals surface area contributed by atoms with Crippen LogP contribution in [0.2, 0.25) is 0 Å². The molecule has 0 amide bonds. The normalized spacial score (nSPS) is 11.2. The van der Waals surface area contributed by atoms with Gasteiger partial charge in [-0.1, -0.05) is 71.1 Å². The molecule has 0 aliphatic carbocycles. The summed E-state index contributed by atoms with van der Waals surface area (Å²) in [4.78, 5) is 0. The van der Waals surface area contributed by atoms with Gasteiger partial charge in [0.2, 0.25) is 0 Å². The van der Waals surface area contributed by atoms with Crippen LogP contribution in [-0.2, 0) is 0 Å². The lowest BCUT2D eigenvalue weighted by molar-refractivity contribution is 0.509. The van der Waals surface area contributed by atoms with E-state index >= 15 is 0 Å². The van der Waals surface area contributed by atoms with Crippen molar-refractivity contribution < 1.29 is 0 Å². The molecule has 0 rings (SSSR count). The summed E-state index contributed by atoms with van der Waals surface area (Å²) in [5.41, 5.74) is 0. The molecule has 1 nitrogen and oxygen atoms in total. The molecule has 0 aromatic rings. The number of nitrogens with zero attached hydrogens (tertiary/aromatic N) is 1. The Morgan fingerprint density at radius 2 is 1.06 bits per heavy atom. The van der Waals surface area contributed by atoms with E-state index in [1.54, 1.807) is 0 Å². The average molecular weight is 292 g/mol. The number of halogens is 1. The minimum absolute atomic E-state index is 1.18. The van der Waals surface area contributed by atoms with Crippen molar-refractivity contribution in [1.29, 1.82) is 0 Å². The highest BCUT2D eigenvalue weighted by molar-refractivity contribution is 9.07. The van der Waals surface area contributed by atoms with Crippen LogP contribution in [0, 0.1) is 0 Å². The van der Waals surface area contributed by atoms with Crippen molar-refractivity contribution in [3.63, 3.8) is 0 Å². The number of unbranched alkanes of at least 4 members (excludes halogenated alkanes) is 10. The fourth-order valence-corrected chi connectivity index (χ4v) is 2.24. The standard InChI is InChI=1S/C14H30BrN/c1-3-4-5-6-7-8-9-10-11-12-13-14-16(2)15/h3-14H2,1-2H3. The first-order valence-electron chi connectivity index (χ1n) is 7.14. The van der Waals surface area contributed by atoms with Crippen molar-refractivity contribution in [2.24, 2.45) is 0 Å². The Balaban J connectivity index is 2.88. The van der Waals surface area contributed by atoms with Gasteiger partial charge in [0.15, 0.2) is 0 Å². The molecule has 0 N–H and O–H groups in total. The minimum Gasteiger partial charge on any atom is -0.245 e. The first-order chi connectivity index (χ1) is 7.77. The van der Waals surface area contributed by atoms with Crippen LogP contribution in [0.4, 0.5) is 0 Å². The lowest BCUT2D eigenvalue weighted by Gasteiger charge is -2.06. The molecule has 0 fully saturated rings. The van der Waals surface area contributed by atoms with Crippen LogP contribution in [0.5, 0.6) is 0 Å². The van der Waals surface area contributed by atoms with E-state index in [1.165, 1.54) is 77.2 Å².